The molecule has 2 aromatic carbocycles. The van der Waals surface area contributed by atoms with E-state index in [1.807, 2.05) is 31.2 Å². The predicted octanol–water partition coefficient (Wildman–Crippen LogP) is 2.10. The number of amides is 2. The highest BCUT2D eigenvalue weighted by atomic mass is 19.1. The minimum absolute atomic E-state index is 0.271. The average Bonchev–Trinajstić information content (AvgIpc) is 2.67. The molecule has 1 fully saturated rings. The normalized spacial score (nSPS) is 14.2. The first kappa shape index (κ1) is 17.9. The third-order valence-electron chi connectivity index (χ3n) is 4.53. The molecule has 6 heteroatoms. The van der Waals surface area contributed by atoms with Crippen molar-refractivity contribution >= 4 is 17.5 Å². The van der Waals surface area contributed by atoms with Crippen molar-refractivity contribution in [1.82, 2.24) is 10.2 Å². The van der Waals surface area contributed by atoms with Crippen LogP contribution in [0.1, 0.15) is 11.1 Å². The van der Waals surface area contributed by atoms with Gasteiger partial charge >= 0.3 is 11.8 Å². The highest BCUT2D eigenvalue weighted by Gasteiger charge is 2.25. The van der Waals surface area contributed by atoms with Crippen LogP contribution in [0.3, 0.4) is 0 Å². The lowest BCUT2D eigenvalue weighted by atomic mass is 10.1. The number of halogens is 1. The van der Waals surface area contributed by atoms with E-state index in [0.29, 0.717) is 32.7 Å². The smallest absolute Gasteiger partial charge is 0.312 e. The van der Waals surface area contributed by atoms with Crippen LogP contribution in [0.15, 0.2) is 48.5 Å². The van der Waals surface area contributed by atoms with Gasteiger partial charge in [-0.3, -0.25) is 9.59 Å². The summed E-state index contributed by atoms with van der Waals surface area (Å²) in [4.78, 5) is 28.1. The van der Waals surface area contributed by atoms with Crippen LogP contribution in [0.25, 0.3) is 0 Å². The van der Waals surface area contributed by atoms with Gasteiger partial charge in [0.1, 0.15) is 5.82 Å². The van der Waals surface area contributed by atoms with Crippen molar-refractivity contribution < 1.29 is 14.0 Å². The Hall–Kier alpha value is -2.89. The number of benzene rings is 2. The summed E-state index contributed by atoms with van der Waals surface area (Å²) < 4.78 is 13.0. The van der Waals surface area contributed by atoms with E-state index >= 15 is 0 Å². The van der Waals surface area contributed by atoms with Crippen LogP contribution in [-0.4, -0.2) is 42.9 Å². The van der Waals surface area contributed by atoms with E-state index in [0.717, 1.165) is 16.8 Å². The van der Waals surface area contributed by atoms with Crippen molar-refractivity contribution in [3.8, 4) is 0 Å². The lowest BCUT2D eigenvalue weighted by molar-refractivity contribution is -0.146. The van der Waals surface area contributed by atoms with E-state index in [4.69, 9.17) is 0 Å². The Morgan fingerprint density at radius 1 is 0.962 bits per heavy atom. The second-order valence-electron chi connectivity index (χ2n) is 6.42. The zero-order valence-electron chi connectivity index (χ0n) is 14.7. The monoisotopic (exact) mass is 355 g/mol. The largest absolute Gasteiger partial charge is 0.368 e. The molecule has 0 aliphatic carbocycles. The summed E-state index contributed by atoms with van der Waals surface area (Å²) in [5.74, 6) is -1.36. The minimum atomic E-state index is -0.583. The molecule has 3 rings (SSSR count). The molecular formula is C20H22FN3O2. The van der Waals surface area contributed by atoms with Crippen molar-refractivity contribution in [2.45, 2.75) is 13.5 Å². The van der Waals surface area contributed by atoms with Crippen LogP contribution in [0.2, 0.25) is 0 Å². The fourth-order valence-electron chi connectivity index (χ4n) is 2.93. The molecule has 1 aliphatic rings. The Labute approximate surface area is 152 Å². The first-order valence-electron chi connectivity index (χ1n) is 8.66. The van der Waals surface area contributed by atoms with Crippen LogP contribution in [-0.2, 0) is 16.1 Å². The van der Waals surface area contributed by atoms with Gasteiger partial charge in [-0.1, -0.05) is 29.8 Å². The van der Waals surface area contributed by atoms with Gasteiger partial charge in [-0.25, -0.2) is 4.39 Å². The Morgan fingerprint density at radius 3 is 2.19 bits per heavy atom. The van der Waals surface area contributed by atoms with Crippen LogP contribution in [0.5, 0.6) is 0 Å². The molecular weight excluding hydrogens is 333 g/mol. The van der Waals surface area contributed by atoms with Crippen molar-refractivity contribution in [3.05, 3.63) is 65.5 Å². The fourth-order valence-corrected chi connectivity index (χ4v) is 2.93. The molecule has 1 heterocycles. The highest BCUT2D eigenvalue weighted by Crippen LogP contribution is 2.17. The van der Waals surface area contributed by atoms with E-state index in [1.165, 1.54) is 12.1 Å². The van der Waals surface area contributed by atoms with E-state index in [1.54, 1.807) is 17.0 Å². The molecule has 0 aromatic heterocycles. The van der Waals surface area contributed by atoms with Gasteiger partial charge in [0.15, 0.2) is 0 Å². The Balaban J connectivity index is 1.48. The molecule has 0 atom stereocenters. The first-order valence-corrected chi connectivity index (χ1v) is 8.66. The maximum absolute atomic E-state index is 13.0. The van der Waals surface area contributed by atoms with Gasteiger partial charge < -0.3 is 15.1 Å². The van der Waals surface area contributed by atoms with Gasteiger partial charge in [-0.2, -0.15) is 0 Å². The van der Waals surface area contributed by atoms with Crippen LogP contribution >= 0.6 is 0 Å². The summed E-state index contributed by atoms with van der Waals surface area (Å²) in [6, 6.07) is 14.1. The molecule has 1 aliphatic heterocycles. The van der Waals surface area contributed by atoms with Crippen molar-refractivity contribution in [2.75, 3.05) is 31.1 Å². The molecule has 0 saturated carbocycles. The van der Waals surface area contributed by atoms with Gasteiger partial charge in [0.2, 0.25) is 0 Å². The average molecular weight is 355 g/mol. The Bertz CT molecular complexity index is 767. The summed E-state index contributed by atoms with van der Waals surface area (Å²) in [6.45, 7) is 4.49. The molecule has 2 aromatic rings. The second-order valence-corrected chi connectivity index (χ2v) is 6.42. The number of piperazine rings is 1. The topological polar surface area (TPSA) is 52.7 Å². The number of carbonyl (C=O) groups excluding carboxylic acids is 2. The summed E-state index contributed by atoms with van der Waals surface area (Å²) in [7, 11) is 0. The van der Waals surface area contributed by atoms with Gasteiger partial charge in [0.25, 0.3) is 0 Å². The minimum Gasteiger partial charge on any atom is -0.368 e. The summed E-state index contributed by atoms with van der Waals surface area (Å²) in [5, 5.41) is 2.68. The standard InChI is InChI=1S/C20H22FN3O2/c1-15-2-4-16(5-3-15)14-22-19(25)20(26)24-12-10-23(11-13-24)18-8-6-17(21)7-9-18/h2-9H,10-14H2,1H3,(H,22,25). The first-order chi connectivity index (χ1) is 12.5. The molecule has 5 nitrogen and oxygen atoms in total. The maximum atomic E-state index is 13.0. The van der Waals surface area contributed by atoms with E-state index in [9.17, 15) is 14.0 Å². The van der Waals surface area contributed by atoms with E-state index < -0.39 is 11.8 Å². The van der Waals surface area contributed by atoms with Gasteiger partial charge in [-0.15, -0.1) is 0 Å². The van der Waals surface area contributed by atoms with Crippen molar-refractivity contribution in [2.24, 2.45) is 0 Å². The second kappa shape index (κ2) is 7.99. The van der Waals surface area contributed by atoms with E-state index in [2.05, 4.69) is 10.2 Å². The van der Waals surface area contributed by atoms with Gasteiger partial charge in [0, 0.05) is 38.4 Å². The summed E-state index contributed by atoms with van der Waals surface area (Å²) in [6.07, 6.45) is 0. The summed E-state index contributed by atoms with van der Waals surface area (Å²) in [5.41, 5.74) is 3.02. The van der Waals surface area contributed by atoms with Crippen LogP contribution in [0.4, 0.5) is 10.1 Å². The molecule has 0 spiro atoms. The zero-order chi connectivity index (χ0) is 18.5. The number of nitrogens with zero attached hydrogens (tertiary/aromatic N) is 2. The number of rotatable bonds is 3. The Morgan fingerprint density at radius 2 is 1.58 bits per heavy atom. The van der Waals surface area contributed by atoms with Gasteiger partial charge in [0.05, 0.1) is 0 Å². The van der Waals surface area contributed by atoms with Gasteiger partial charge in [-0.05, 0) is 36.8 Å². The molecule has 0 unspecified atom stereocenters. The molecule has 2 amide bonds. The number of hydrogen-bond donors (Lipinski definition) is 1. The SMILES string of the molecule is Cc1ccc(CNC(=O)C(=O)N2CCN(c3ccc(F)cc3)CC2)cc1. The Kier molecular flexibility index (Phi) is 5.51. The molecule has 26 heavy (non-hydrogen) atoms. The predicted molar refractivity (Wildman–Crippen MR) is 98.2 cm³/mol. The lowest BCUT2D eigenvalue weighted by Crippen LogP contribution is -2.52. The summed E-state index contributed by atoms with van der Waals surface area (Å²) >= 11 is 0. The van der Waals surface area contributed by atoms with Crippen LogP contribution < -0.4 is 10.2 Å². The lowest BCUT2D eigenvalue weighted by Gasteiger charge is -2.35. The quantitative estimate of drug-likeness (QED) is 0.858. The third-order valence-corrected chi connectivity index (χ3v) is 4.53. The molecule has 0 bridgehead atoms. The molecule has 1 N–H and O–H groups in total. The zero-order valence-corrected chi connectivity index (χ0v) is 14.7. The molecule has 0 radical (unpaired) electrons. The number of anilines is 1. The molecule has 136 valence electrons. The fraction of sp³-hybridized carbons (Fsp3) is 0.300. The number of carbonyl (C=O) groups is 2. The molecule has 1 saturated heterocycles. The van der Waals surface area contributed by atoms with Crippen molar-refractivity contribution in [1.29, 1.82) is 0 Å². The third kappa shape index (κ3) is 4.39. The van der Waals surface area contributed by atoms with Crippen molar-refractivity contribution in [3.63, 3.8) is 0 Å². The van der Waals surface area contributed by atoms with Crippen LogP contribution in [0, 0.1) is 12.7 Å². The number of aryl methyl sites for hydroxylation is 1. The number of nitrogens with one attached hydrogen (secondary N) is 1. The highest BCUT2D eigenvalue weighted by molar-refractivity contribution is 6.35. The number of hydrogen-bond acceptors (Lipinski definition) is 3. The maximum Gasteiger partial charge on any atom is 0.312 e. The van der Waals surface area contributed by atoms with E-state index in [-0.39, 0.29) is 5.82 Å².